The van der Waals surface area contributed by atoms with Crippen molar-refractivity contribution in [2.75, 3.05) is 20.6 Å². The molecule has 0 aromatic heterocycles. The molecule has 1 aromatic carbocycles. The van der Waals surface area contributed by atoms with Crippen molar-refractivity contribution in [1.82, 2.24) is 15.1 Å². The fraction of sp³-hybridized carbons (Fsp3) is 0.294. The first-order valence-corrected chi connectivity index (χ1v) is 7.70. The molecule has 7 heteroatoms. The average molecular weight is 326 g/mol. The lowest BCUT2D eigenvalue weighted by Crippen LogP contribution is -2.61. The van der Waals surface area contributed by atoms with Gasteiger partial charge in [0.15, 0.2) is 0 Å². The van der Waals surface area contributed by atoms with Crippen molar-refractivity contribution >= 4 is 23.7 Å². The third kappa shape index (κ3) is 2.58. The molecule has 0 radical (unpaired) electrons. The van der Waals surface area contributed by atoms with Gasteiger partial charge >= 0.3 is 12.0 Å². The standard InChI is InChI=1S/C17H19N5O2/c1-4-10-18-16-19-14-13(15(23)21(3)17(24)20(14)2)22(16)11-12-8-6-5-7-9-12/h4-9,13H,1,10-11H2,2-3H3/p+1. The van der Waals surface area contributed by atoms with Gasteiger partial charge in [0.05, 0.1) is 13.1 Å². The van der Waals surface area contributed by atoms with Crippen LogP contribution in [0.2, 0.25) is 0 Å². The van der Waals surface area contributed by atoms with Gasteiger partial charge in [0.25, 0.3) is 5.91 Å². The Morgan fingerprint density at radius 2 is 1.96 bits per heavy atom. The topological polar surface area (TPSA) is 68.0 Å². The summed E-state index contributed by atoms with van der Waals surface area (Å²) < 4.78 is 1.88. The van der Waals surface area contributed by atoms with Crippen LogP contribution >= 0.6 is 0 Å². The molecule has 3 rings (SSSR count). The summed E-state index contributed by atoms with van der Waals surface area (Å²) >= 11 is 0. The zero-order valence-electron chi connectivity index (χ0n) is 13.8. The Kier molecular flexibility index (Phi) is 4.16. The summed E-state index contributed by atoms with van der Waals surface area (Å²) in [6.45, 7) is 4.73. The van der Waals surface area contributed by atoms with E-state index < -0.39 is 6.04 Å². The van der Waals surface area contributed by atoms with E-state index in [1.165, 1.54) is 11.9 Å². The van der Waals surface area contributed by atoms with E-state index in [0.717, 1.165) is 10.5 Å². The highest BCUT2D eigenvalue weighted by Crippen LogP contribution is 2.20. The summed E-state index contributed by atoms with van der Waals surface area (Å²) in [6.07, 6.45) is 1.72. The monoisotopic (exact) mass is 326 g/mol. The summed E-state index contributed by atoms with van der Waals surface area (Å²) in [4.78, 5) is 31.9. The number of rotatable bonds is 4. The molecule has 1 aromatic rings. The first kappa shape index (κ1) is 15.9. The minimum Gasteiger partial charge on any atom is -0.271 e. The number of urea groups is 1. The van der Waals surface area contributed by atoms with Crippen LogP contribution in [0.1, 0.15) is 5.56 Å². The molecule has 0 spiro atoms. The molecule has 2 aliphatic rings. The Morgan fingerprint density at radius 3 is 2.62 bits per heavy atom. The minimum absolute atomic E-state index is 0.275. The quantitative estimate of drug-likeness (QED) is 0.652. The number of nitrogens with one attached hydrogen (secondary N) is 1. The van der Waals surface area contributed by atoms with Crippen molar-refractivity contribution in [3.05, 3.63) is 48.6 Å². The molecule has 124 valence electrons. The van der Waals surface area contributed by atoms with Crippen LogP contribution < -0.4 is 5.32 Å². The van der Waals surface area contributed by atoms with E-state index >= 15 is 0 Å². The number of amidine groups is 1. The van der Waals surface area contributed by atoms with Gasteiger partial charge in [-0.05, 0) is 5.56 Å². The number of hydrogen-bond donors (Lipinski definition) is 1. The minimum atomic E-state index is -0.606. The van der Waals surface area contributed by atoms with E-state index in [1.54, 1.807) is 13.1 Å². The van der Waals surface area contributed by atoms with Crippen LogP contribution in [0.3, 0.4) is 0 Å². The highest BCUT2D eigenvalue weighted by molar-refractivity contribution is 6.22. The van der Waals surface area contributed by atoms with Gasteiger partial charge in [0.1, 0.15) is 0 Å². The van der Waals surface area contributed by atoms with Gasteiger partial charge in [-0.1, -0.05) is 48.0 Å². The number of guanidine groups is 1. The molecular weight excluding hydrogens is 306 g/mol. The third-order valence-corrected chi connectivity index (χ3v) is 4.13. The lowest BCUT2D eigenvalue weighted by Gasteiger charge is -2.31. The second-order valence-electron chi connectivity index (χ2n) is 5.72. The maximum absolute atomic E-state index is 12.7. The van der Waals surface area contributed by atoms with Crippen LogP contribution in [0.5, 0.6) is 0 Å². The van der Waals surface area contributed by atoms with Gasteiger partial charge in [-0.2, -0.15) is 0 Å². The summed E-state index contributed by atoms with van der Waals surface area (Å²) in [5.74, 6) is 0.746. The molecule has 0 aliphatic carbocycles. The number of hydrogen-bond acceptors (Lipinski definition) is 4. The van der Waals surface area contributed by atoms with E-state index in [9.17, 15) is 9.59 Å². The molecule has 7 nitrogen and oxygen atoms in total. The predicted octanol–water partition coefficient (Wildman–Crippen LogP) is 0.635. The third-order valence-electron chi connectivity index (χ3n) is 4.13. The summed E-state index contributed by atoms with van der Waals surface area (Å²) in [6, 6.07) is 8.86. The zero-order chi connectivity index (χ0) is 17.3. The Labute approximate surface area is 140 Å². The van der Waals surface area contributed by atoms with Gasteiger partial charge in [0, 0.05) is 14.1 Å². The Hall–Kier alpha value is -2.96. The van der Waals surface area contributed by atoms with E-state index in [-0.39, 0.29) is 11.9 Å². The number of benzene rings is 1. The second-order valence-corrected chi connectivity index (χ2v) is 5.72. The second kappa shape index (κ2) is 6.27. The number of aliphatic imine (C=N–C) groups is 1. The molecule has 1 N–H and O–H groups in total. The Balaban J connectivity index is 2.00. The largest absolute Gasteiger partial charge is 0.390 e. The van der Waals surface area contributed by atoms with Gasteiger partial charge in [-0.25, -0.2) is 9.37 Å². The summed E-state index contributed by atoms with van der Waals surface area (Å²) in [7, 11) is 3.13. The van der Waals surface area contributed by atoms with Crippen molar-refractivity contribution in [2.24, 2.45) is 4.99 Å². The SMILES string of the molecule is C=CCNC1=[N+](Cc2ccccc2)C2C(=O)N(C)C(=O)N(C)C2=N1. The van der Waals surface area contributed by atoms with Gasteiger partial charge in [0.2, 0.25) is 11.9 Å². The molecule has 1 saturated heterocycles. The smallest absolute Gasteiger partial charge is 0.271 e. The predicted molar refractivity (Wildman–Crippen MR) is 90.8 cm³/mol. The maximum Gasteiger partial charge on any atom is 0.390 e. The molecule has 0 bridgehead atoms. The van der Waals surface area contributed by atoms with Gasteiger partial charge in [-0.3, -0.25) is 19.9 Å². The van der Waals surface area contributed by atoms with E-state index in [0.29, 0.717) is 24.9 Å². The van der Waals surface area contributed by atoms with E-state index in [4.69, 9.17) is 0 Å². The molecule has 1 atom stereocenters. The van der Waals surface area contributed by atoms with Crippen molar-refractivity contribution in [2.45, 2.75) is 12.6 Å². The fourth-order valence-corrected chi connectivity index (χ4v) is 2.85. The van der Waals surface area contributed by atoms with Crippen molar-refractivity contribution in [1.29, 1.82) is 0 Å². The lowest BCUT2D eigenvalue weighted by molar-refractivity contribution is -0.552. The number of fused-ring (bicyclic) bond motifs is 1. The highest BCUT2D eigenvalue weighted by Gasteiger charge is 2.51. The fourth-order valence-electron chi connectivity index (χ4n) is 2.85. The zero-order valence-corrected chi connectivity index (χ0v) is 13.8. The normalized spacial score (nSPS) is 20.2. The average Bonchev–Trinajstić information content (AvgIpc) is 2.95. The lowest BCUT2D eigenvalue weighted by atomic mass is 10.1. The van der Waals surface area contributed by atoms with E-state index in [1.807, 2.05) is 34.9 Å². The van der Waals surface area contributed by atoms with E-state index in [2.05, 4.69) is 16.9 Å². The molecule has 1 fully saturated rings. The van der Waals surface area contributed by atoms with Crippen LogP contribution in [0.4, 0.5) is 4.79 Å². The number of imide groups is 1. The summed E-state index contributed by atoms with van der Waals surface area (Å²) in [5.41, 5.74) is 1.06. The van der Waals surface area contributed by atoms with Crippen LogP contribution in [0, 0.1) is 0 Å². The molecule has 1 unspecified atom stereocenters. The maximum atomic E-state index is 12.7. The molecule has 2 heterocycles. The summed E-state index contributed by atoms with van der Waals surface area (Å²) in [5, 5.41) is 3.16. The van der Waals surface area contributed by atoms with Crippen molar-refractivity contribution in [3.63, 3.8) is 0 Å². The Morgan fingerprint density at radius 1 is 1.25 bits per heavy atom. The number of nitrogens with zero attached hydrogens (tertiary/aromatic N) is 4. The van der Waals surface area contributed by atoms with Gasteiger partial charge < -0.3 is 0 Å². The number of amides is 3. The molecule has 3 amide bonds. The van der Waals surface area contributed by atoms with Crippen LogP contribution in [0.25, 0.3) is 0 Å². The number of carbonyl (C=O) groups is 2. The van der Waals surface area contributed by atoms with Crippen LogP contribution in [-0.2, 0) is 11.3 Å². The van der Waals surface area contributed by atoms with Crippen molar-refractivity contribution in [3.8, 4) is 0 Å². The van der Waals surface area contributed by atoms with Crippen molar-refractivity contribution < 1.29 is 14.2 Å². The highest BCUT2D eigenvalue weighted by atomic mass is 16.2. The first-order valence-electron chi connectivity index (χ1n) is 7.70. The Bertz CT molecular complexity index is 754. The van der Waals surface area contributed by atoms with Crippen LogP contribution in [0.15, 0.2) is 48.0 Å². The number of carbonyl (C=O) groups excluding carboxylic acids is 2. The van der Waals surface area contributed by atoms with Crippen LogP contribution in [-0.4, -0.2) is 64.8 Å². The first-order chi connectivity index (χ1) is 11.5. The molecular formula is C17H20N5O2+. The molecule has 24 heavy (non-hydrogen) atoms. The number of likely N-dealkylation sites (N-methyl/N-ethyl adjacent to an activating group) is 2. The van der Waals surface area contributed by atoms with Gasteiger partial charge in [-0.15, -0.1) is 0 Å². The molecule has 0 saturated carbocycles. The molecule has 2 aliphatic heterocycles.